The number of fused-ring (bicyclic) bond motifs is 1. The number of benzene rings is 1. The van der Waals surface area contributed by atoms with Gasteiger partial charge in [-0.1, -0.05) is 38.7 Å². The predicted molar refractivity (Wildman–Crippen MR) is 89.2 cm³/mol. The Morgan fingerprint density at radius 2 is 1.90 bits per heavy atom. The van der Waals surface area contributed by atoms with E-state index in [1.807, 2.05) is 0 Å². The van der Waals surface area contributed by atoms with Gasteiger partial charge in [0.15, 0.2) is 0 Å². The summed E-state index contributed by atoms with van der Waals surface area (Å²) in [6, 6.07) is 5.04. The minimum atomic E-state index is 0.868. The number of aliphatic imine (C=N–C) groups is 1. The highest BCUT2D eigenvalue weighted by molar-refractivity contribution is 6.03. The molecule has 2 saturated carbocycles. The second-order valence-corrected chi connectivity index (χ2v) is 7.29. The van der Waals surface area contributed by atoms with E-state index in [-0.39, 0.29) is 0 Å². The maximum atomic E-state index is 4.74. The monoisotopic (exact) mass is 281 g/mol. The fraction of sp³-hybridized carbons (Fsp3) is 0.650. The van der Waals surface area contributed by atoms with Crippen LogP contribution in [0.25, 0.3) is 0 Å². The van der Waals surface area contributed by atoms with Crippen molar-refractivity contribution < 1.29 is 0 Å². The number of nitrogens with zero attached hydrogens (tertiary/aromatic N) is 1. The highest BCUT2D eigenvalue weighted by Crippen LogP contribution is 2.44. The molecule has 0 unspecified atom stereocenters. The molecule has 2 fully saturated rings. The van der Waals surface area contributed by atoms with E-state index in [9.17, 15) is 0 Å². The van der Waals surface area contributed by atoms with Gasteiger partial charge in [0, 0.05) is 11.3 Å². The van der Waals surface area contributed by atoms with Gasteiger partial charge in [-0.05, 0) is 66.7 Å². The summed E-state index contributed by atoms with van der Waals surface area (Å²) >= 11 is 0. The first-order chi connectivity index (χ1) is 10.3. The zero-order valence-electron chi connectivity index (χ0n) is 13.3. The summed E-state index contributed by atoms with van der Waals surface area (Å²) < 4.78 is 0. The van der Waals surface area contributed by atoms with Gasteiger partial charge in [-0.2, -0.15) is 0 Å². The van der Waals surface area contributed by atoms with Crippen molar-refractivity contribution in [3.8, 4) is 0 Å². The van der Waals surface area contributed by atoms with Crippen LogP contribution < -0.4 is 0 Å². The largest absolute Gasteiger partial charge is 0.284 e. The molecule has 1 nitrogen and oxygen atoms in total. The Labute approximate surface area is 128 Å². The van der Waals surface area contributed by atoms with Gasteiger partial charge in [0.1, 0.15) is 0 Å². The number of hydrogen-bond acceptors (Lipinski definition) is 1. The molecule has 3 aliphatic rings. The van der Waals surface area contributed by atoms with Crippen LogP contribution >= 0.6 is 0 Å². The fourth-order valence-corrected chi connectivity index (χ4v) is 4.33. The predicted octanol–water partition coefficient (Wildman–Crippen LogP) is 5.40. The average molecular weight is 281 g/mol. The van der Waals surface area contributed by atoms with Crippen LogP contribution in [-0.2, 0) is 13.0 Å². The smallest absolute Gasteiger partial charge is 0.0649 e. The lowest BCUT2D eigenvalue weighted by Gasteiger charge is -2.15. The van der Waals surface area contributed by atoms with Gasteiger partial charge < -0.3 is 0 Å². The topological polar surface area (TPSA) is 12.4 Å². The third-order valence-electron chi connectivity index (χ3n) is 5.76. The maximum absolute atomic E-state index is 4.74. The lowest BCUT2D eigenvalue weighted by molar-refractivity contribution is 0.503. The van der Waals surface area contributed by atoms with Crippen molar-refractivity contribution >= 4 is 5.71 Å². The summed E-state index contributed by atoms with van der Waals surface area (Å²) in [5.74, 6) is 1.88. The van der Waals surface area contributed by atoms with Crippen LogP contribution in [0, 0.1) is 5.92 Å². The second kappa shape index (κ2) is 5.59. The summed E-state index contributed by atoms with van der Waals surface area (Å²) in [5.41, 5.74) is 7.65. The Morgan fingerprint density at radius 3 is 2.62 bits per heavy atom. The molecule has 1 heteroatoms. The van der Waals surface area contributed by atoms with E-state index in [0.717, 1.165) is 24.8 Å². The Kier molecular flexibility index (Phi) is 3.61. The number of rotatable bonds is 5. The van der Waals surface area contributed by atoms with Crippen LogP contribution in [0.4, 0.5) is 0 Å². The van der Waals surface area contributed by atoms with Crippen LogP contribution in [0.15, 0.2) is 17.1 Å². The highest BCUT2D eigenvalue weighted by atomic mass is 14.8. The van der Waals surface area contributed by atoms with Gasteiger partial charge >= 0.3 is 0 Å². The Morgan fingerprint density at radius 1 is 1.10 bits per heavy atom. The second-order valence-electron chi connectivity index (χ2n) is 7.29. The first-order valence-electron chi connectivity index (χ1n) is 9.04. The van der Waals surface area contributed by atoms with Gasteiger partial charge in [-0.15, -0.1) is 0 Å². The molecule has 2 aliphatic carbocycles. The van der Waals surface area contributed by atoms with Crippen LogP contribution in [0.3, 0.4) is 0 Å². The molecule has 112 valence electrons. The van der Waals surface area contributed by atoms with E-state index >= 15 is 0 Å². The Balaban J connectivity index is 1.58. The Bertz CT molecular complexity index is 559. The molecular formula is C20H27N. The van der Waals surface area contributed by atoms with Crippen molar-refractivity contribution in [2.45, 2.75) is 77.2 Å². The van der Waals surface area contributed by atoms with Gasteiger partial charge in [-0.25, -0.2) is 0 Å². The summed E-state index contributed by atoms with van der Waals surface area (Å²) in [6.45, 7) is 3.17. The van der Waals surface area contributed by atoms with E-state index in [1.165, 1.54) is 68.2 Å². The Hall–Kier alpha value is -1.11. The minimum absolute atomic E-state index is 0.868. The quantitative estimate of drug-likeness (QED) is 0.685. The van der Waals surface area contributed by atoms with E-state index in [4.69, 9.17) is 4.99 Å². The van der Waals surface area contributed by atoms with Gasteiger partial charge in [0.25, 0.3) is 0 Å². The fourth-order valence-electron chi connectivity index (χ4n) is 4.33. The molecule has 1 aliphatic heterocycles. The zero-order chi connectivity index (χ0) is 14.2. The van der Waals surface area contributed by atoms with Crippen LogP contribution in [0.2, 0.25) is 0 Å². The van der Waals surface area contributed by atoms with E-state index in [1.54, 1.807) is 11.1 Å². The molecule has 1 heterocycles. The van der Waals surface area contributed by atoms with Crippen molar-refractivity contribution in [3.63, 3.8) is 0 Å². The first-order valence-corrected chi connectivity index (χ1v) is 9.04. The first kappa shape index (κ1) is 13.5. The third kappa shape index (κ3) is 2.67. The molecule has 4 rings (SSSR count). The van der Waals surface area contributed by atoms with Crippen LogP contribution in [-0.4, -0.2) is 5.71 Å². The zero-order valence-corrected chi connectivity index (χ0v) is 13.3. The van der Waals surface area contributed by atoms with Crippen LogP contribution in [0.5, 0.6) is 0 Å². The van der Waals surface area contributed by atoms with Crippen molar-refractivity contribution in [2.75, 3.05) is 0 Å². The SMILES string of the molecule is CCC1=NCc2cc(CCC3CCCC3)c(C3CC3)cc21. The van der Waals surface area contributed by atoms with E-state index < -0.39 is 0 Å². The standard InChI is InChI=1S/C20H27N/c1-2-20-19-12-18(15-9-10-15)16(11-17(19)13-21-20)8-7-14-5-3-4-6-14/h11-12,14-15H,2-10,13H2,1H3. The summed E-state index contributed by atoms with van der Waals surface area (Å²) in [7, 11) is 0. The molecule has 0 atom stereocenters. The summed E-state index contributed by atoms with van der Waals surface area (Å²) in [4.78, 5) is 4.74. The number of hydrogen-bond donors (Lipinski definition) is 0. The molecule has 1 aromatic rings. The van der Waals surface area contributed by atoms with Crippen molar-refractivity contribution in [2.24, 2.45) is 10.9 Å². The molecule has 21 heavy (non-hydrogen) atoms. The average Bonchev–Trinajstić information content (AvgIpc) is 3.07. The molecule has 1 aromatic carbocycles. The summed E-state index contributed by atoms with van der Waals surface area (Å²) in [5, 5.41) is 0. The molecule has 0 radical (unpaired) electrons. The van der Waals surface area contributed by atoms with E-state index in [2.05, 4.69) is 19.1 Å². The van der Waals surface area contributed by atoms with Crippen molar-refractivity contribution in [1.29, 1.82) is 0 Å². The van der Waals surface area contributed by atoms with Gasteiger partial charge in [0.05, 0.1) is 6.54 Å². The lowest BCUT2D eigenvalue weighted by atomic mass is 9.89. The van der Waals surface area contributed by atoms with Gasteiger partial charge in [-0.3, -0.25) is 4.99 Å². The van der Waals surface area contributed by atoms with Crippen molar-refractivity contribution in [1.82, 2.24) is 0 Å². The molecule has 0 amide bonds. The molecule has 0 spiro atoms. The third-order valence-corrected chi connectivity index (χ3v) is 5.76. The lowest BCUT2D eigenvalue weighted by Crippen LogP contribution is -2.03. The molecule has 0 saturated heterocycles. The molecule has 0 N–H and O–H groups in total. The maximum Gasteiger partial charge on any atom is 0.0649 e. The summed E-state index contributed by atoms with van der Waals surface area (Å²) in [6.07, 6.45) is 12.5. The number of aryl methyl sites for hydroxylation is 1. The van der Waals surface area contributed by atoms with E-state index in [0.29, 0.717) is 0 Å². The minimum Gasteiger partial charge on any atom is -0.284 e. The van der Waals surface area contributed by atoms with Crippen LogP contribution in [0.1, 0.15) is 86.5 Å². The van der Waals surface area contributed by atoms with Crippen molar-refractivity contribution in [3.05, 3.63) is 34.4 Å². The molecule has 0 bridgehead atoms. The molecule has 0 aromatic heterocycles. The normalized spacial score (nSPS) is 21.7. The highest BCUT2D eigenvalue weighted by Gasteiger charge is 2.28. The molecular weight excluding hydrogens is 254 g/mol. The van der Waals surface area contributed by atoms with Gasteiger partial charge in [0.2, 0.25) is 0 Å².